The van der Waals surface area contributed by atoms with Crippen LogP contribution in [0.1, 0.15) is 71.8 Å². The number of nitrogens with zero attached hydrogens (tertiary/aromatic N) is 2. The molecule has 41 heavy (non-hydrogen) atoms. The molecule has 1 aliphatic carbocycles. The van der Waals surface area contributed by atoms with Gasteiger partial charge in [0.25, 0.3) is 0 Å². The van der Waals surface area contributed by atoms with E-state index in [0.717, 1.165) is 52.2 Å². The highest BCUT2D eigenvalue weighted by Gasteiger charge is 2.28. The lowest BCUT2D eigenvalue weighted by Crippen LogP contribution is -2.33. The lowest BCUT2D eigenvalue weighted by atomic mass is 9.87. The van der Waals surface area contributed by atoms with Gasteiger partial charge in [-0.2, -0.15) is 0 Å². The number of benzene rings is 3. The molecule has 0 saturated heterocycles. The van der Waals surface area contributed by atoms with Crippen molar-refractivity contribution in [3.63, 3.8) is 0 Å². The van der Waals surface area contributed by atoms with E-state index in [1.165, 1.54) is 0 Å². The molecule has 0 unspecified atom stereocenters. The predicted octanol–water partition coefficient (Wildman–Crippen LogP) is 6.78. The van der Waals surface area contributed by atoms with E-state index in [4.69, 9.17) is 0 Å². The van der Waals surface area contributed by atoms with Crippen LogP contribution >= 0.6 is 0 Å². The van der Waals surface area contributed by atoms with Gasteiger partial charge in [-0.3, -0.25) is 9.78 Å². The maximum Gasteiger partial charge on any atom is 0.241 e. The molecule has 0 aliphatic heterocycles. The van der Waals surface area contributed by atoms with Crippen LogP contribution in [0.5, 0.6) is 0 Å². The van der Waals surface area contributed by atoms with Crippen LogP contribution in [0.3, 0.4) is 0 Å². The summed E-state index contributed by atoms with van der Waals surface area (Å²) < 4.78 is 29.5. The van der Waals surface area contributed by atoms with Crippen LogP contribution in [0.2, 0.25) is 0 Å². The molecule has 0 bridgehead atoms. The van der Waals surface area contributed by atoms with Crippen molar-refractivity contribution in [2.45, 2.75) is 69.9 Å². The molecule has 1 aromatic heterocycles. The Morgan fingerprint density at radius 1 is 0.976 bits per heavy atom. The number of carbonyl (C=O) groups excluding carboxylic acids is 1. The van der Waals surface area contributed by atoms with Crippen LogP contribution in [0.15, 0.2) is 95.9 Å². The molecule has 1 N–H and O–H groups in total. The molecule has 7 heteroatoms. The van der Waals surface area contributed by atoms with Gasteiger partial charge in [-0.05, 0) is 92.1 Å². The first kappa shape index (κ1) is 28.7. The molecule has 2 atom stereocenters. The first-order valence-electron chi connectivity index (χ1n) is 14.2. The summed E-state index contributed by atoms with van der Waals surface area (Å²) in [5.74, 6) is 0.0422. The maximum atomic E-state index is 13.9. The maximum absolute atomic E-state index is 13.9. The van der Waals surface area contributed by atoms with Gasteiger partial charge in [-0.25, -0.2) is 13.1 Å². The number of nitrogens with one attached hydrogen (secondary N) is 1. The van der Waals surface area contributed by atoms with Crippen LogP contribution in [0, 0.1) is 13.8 Å². The highest BCUT2D eigenvalue weighted by Crippen LogP contribution is 2.35. The SMILES string of the molecule is Cc1ccc(S(=O)(=O)N[C@@H]2CCCc3ccc(N(Cc4cccc(C)n4)C(=O)C[C@@H](C)c4ccccc4)cc32)cc1. The fraction of sp³-hybridized carbons (Fsp3) is 0.294. The molecule has 4 aromatic rings. The third-order valence-corrected chi connectivity index (χ3v) is 9.29. The molecule has 1 amide bonds. The molecule has 0 radical (unpaired) electrons. The molecule has 0 spiro atoms. The van der Waals surface area contributed by atoms with E-state index < -0.39 is 10.0 Å². The van der Waals surface area contributed by atoms with Gasteiger partial charge in [0.05, 0.1) is 17.1 Å². The highest BCUT2D eigenvalue weighted by molar-refractivity contribution is 7.89. The Hall–Kier alpha value is -3.81. The summed E-state index contributed by atoms with van der Waals surface area (Å²) in [6.45, 7) is 6.28. The summed E-state index contributed by atoms with van der Waals surface area (Å²) >= 11 is 0. The molecular formula is C34H37N3O3S. The lowest BCUT2D eigenvalue weighted by molar-refractivity contribution is -0.119. The van der Waals surface area contributed by atoms with Crippen molar-refractivity contribution in [2.75, 3.05) is 4.90 Å². The number of fused-ring (bicyclic) bond motifs is 1. The van der Waals surface area contributed by atoms with Gasteiger partial charge in [-0.1, -0.05) is 67.1 Å². The van der Waals surface area contributed by atoms with Crippen molar-refractivity contribution in [1.82, 2.24) is 9.71 Å². The van der Waals surface area contributed by atoms with Gasteiger partial charge in [0, 0.05) is 23.8 Å². The number of hydrogen-bond donors (Lipinski definition) is 1. The zero-order valence-corrected chi connectivity index (χ0v) is 24.7. The average molecular weight is 568 g/mol. The first-order chi connectivity index (χ1) is 19.7. The van der Waals surface area contributed by atoms with Crippen molar-refractivity contribution >= 4 is 21.6 Å². The first-order valence-corrected chi connectivity index (χ1v) is 15.7. The Bertz CT molecular complexity index is 1620. The number of sulfonamides is 1. The van der Waals surface area contributed by atoms with Gasteiger partial charge in [-0.15, -0.1) is 0 Å². The molecule has 1 heterocycles. The fourth-order valence-electron chi connectivity index (χ4n) is 5.49. The van der Waals surface area contributed by atoms with Gasteiger partial charge in [0.2, 0.25) is 15.9 Å². The van der Waals surface area contributed by atoms with E-state index in [1.54, 1.807) is 29.2 Å². The van der Waals surface area contributed by atoms with E-state index in [2.05, 4.69) is 16.6 Å². The van der Waals surface area contributed by atoms with Crippen molar-refractivity contribution in [3.8, 4) is 0 Å². The number of pyridine rings is 1. The number of rotatable bonds is 9. The topological polar surface area (TPSA) is 79.4 Å². The van der Waals surface area contributed by atoms with E-state index in [9.17, 15) is 13.2 Å². The second kappa shape index (κ2) is 12.4. The zero-order valence-electron chi connectivity index (χ0n) is 23.9. The van der Waals surface area contributed by atoms with E-state index >= 15 is 0 Å². The molecule has 6 nitrogen and oxygen atoms in total. The lowest BCUT2D eigenvalue weighted by Gasteiger charge is -2.30. The summed E-state index contributed by atoms with van der Waals surface area (Å²) in [7, 11) is -3.71. The Morgan fingerprint density at radius 2 is 1.73 bits per heavy atom. The number of aryl methyl sites for hydroxylation is 3. The Labute approximate surface area is 243 Å². The van der Waals surface area contributed by atoms with Crippen molar-refractivity contribution in [1.29, 1.82) is 0 Å². The van der Waals surface area contributed by atoms with E-state index in [0.29, 0.717) is 19.4 Å². The van der Waals surface area contributed by atoms with Gasteiger partial charge < -0.3 is 4.90 Å². The number of aromatic nitrogens is 1. The predicted molar refractivity (Wildman–Crippen MR) is 163 cm³/mol. The monoisotopic (exact) mass is 567 g/mol. The minimum Gasteiger partial charge on any atom is -0.306 e. The summed E-state index contributed by atoms with van der Waals surface area (Å²) in [6, 6.07) is 28.4. The van der Waals surface area contributed by atoms with Crippen molar-refractivity contribution in [3.05, 3.63) is 125 Å². The fourth-order valence-corrected chi connectivity index (χ4v) is 6.74. The van der Waals surface area contributed by atoms with Gasteiger partial charge >= 0.3 is 0 Å². The quantitative estimate of drug-likeness (QED) is 0.242. The molecule has 0 saturated carbocycles. The highest BCUT2D eigenvalue weighted by atomic mass is 32.2. The minimum absolute atomic E-state index is 0.00259. The summed E-state index contributed by atoms with van der Waals surface area (Å²) in [5, 5.41) is 0. The smallest absolute Gasteiger partial charge is 0.241 e. The normalized spacial score (nSPS) is 15.6. The molecule has 3 aromatic carbocycles. The summed E-state index contributed by atoms with van der Waals surface area (Å²) in [4.78, 5) is 20.6. The third-order valence-electron chi connectivity index (χ3n) is 7.80. The van der Waals surface area contributed by atoms with Crippen molar-refractivity contribution in [2.24, 2.45) is 0 Å². The van der Waals surface area contributed by atoms with Gasteiger partial charge in [0.1, 0.15) is 0 Å². The number of anilines is 1. The van der Waals surface area contributed by atoms with E-state index in [1.807, 2.05) is 80.6 Å². The Morgan fingerprint density at radius 3 is 2.46 bits per heavy atom. The zero-order chi connectivity index (χ0) is 29.0. The third kappa shape index (κ3) is 6.92. The number of carbonyl (C=O) groups is 1. The second-order valence-corrected chi connectivity index (χ2v) is 12.7. The number of hydrogen-bond acceptors (Lipinski definition) is 4. The number of amides is 1. The van der Waals surface area contributed by atoms with Crippen molar-refractivity contribution < 1.29 is 13.2 Å². The molecular weight excluding hydrogens is 530 g/mol. The summed E-state index contributed by atoms with van der Waals surface area (Å²) in [6.07, 6.45) is 2.80. The molecule has 0 fully saturated rings. The van der Waals surface area contributed by atoms with Gasteiger partial charge in [0.15, 0.2) is 0 Å². The molecule has 212 valence electrons. The van der Waals surface area contributed by atoms with E-state index in [-0.39, 0.29) is 22.8 Å². The molecule has 5 rings (SSSR count). The van der Waals surface area contributed by atoms with Crippen LogP contribution in [0.25, 0.3) is 0 Å². The average Bonchev–Trinajstić information content (AvgIpc) is 2.96. The van der Waals surface area contributed by atoms with Crippen LogP contribution in [-0.2, 0) is 27.8 Å². The second-order valence-electron chi connectivity index (χ2n) is 11.0. The van der Waals surface area contributed by atoms with Crippen LogP contribution < -0.4 is 9.62 Å². The molecule has 1 aliphatic rings. The minimum atomic E-state index is -3.71. The van der Waals surface area contributed by atoms with Crippen LogP contribution in [-0.4, -0.2) is 19.3 Å². The standard InChI is InChI=1S/C34H37N3O3S/c1-24-15-19-31(20-16-24)41(39,40)36-33-14-8-12-28-17-18-30(22-32(28)33)37(23-29-13-7-9-26(3)35-29)34(38)21-25(2)27-10-5-4-6-11-27/h4-7,9-11,13,15-20,22,25,33,36H,8,12,14,21,23H2,1-3H3/t25-,33-/m1/s1. The Kier molecular flexibility index (Phi) is 8.66. The summed E-state index contributed by atoms with van der Waals surface area (Å²) in [5.41, 5.74) is 6.60. The largest absolute Gasteiger partial charge is 0.306 e. The van der Waals surface area contributed by atoms with Crippen LogP contribution in [0.4, 0.5) is 5.69 Å². The Balaban J connectivity index is 1.46.